The number of aryl methyl sites for hydroxylation is 1. The maximum absolute atomic E-state index is 12.6. The molecular formula is C20H24N4O2. The van der Waals surface area contributed by atoms with Gasteiger partial charge in [-0.05, 0) is 33.8 Å². The van der Waals surface area contributed by atoms with Gasteiger partial charge in [0.15, 0.2) is 5.78 Å². The van der Waals surface area contributed by atoms with Gasteiger partial charge < -0.3 is 14.5 Å². The predicted octanol–water partition coefficient (Wildman–Crippen LogP) is 3.03. The lowest BCUT2D eigenvalue weighted by molar-refractivity contribution is -0.123. The van der Waals surface area contributed by atoms with E-state index in [1.807, 2.05) is 54.2 Å². The van der Waals surface area contributed by atoms with Crippen LogP contribution in [0.4, 0.5) is 0 Å². The minimum atomic E-state index is -0.404. The number of ketones is 1. The molecule has 26 heavy (non-hydrogen) atoms. The fourth-order valence-electron chi connectivity index (χ4n) is 3.15. The van der Waals surface area contributed by atoms with Gasteiger partial charge >= 0.3 is 0 Å². The highest BCUT2D eigenvalue weighted by molar-refractivity contribution is 6.07. The first-order chi connectivity index (χ1) is 12.4. The molecule has 6 heteroatoms. The molecule has 0 fully saturated rings. The van der Waals surface area contributed by atoms with Crippen molar-refractivity contribution in [3.05, 3.63) is 53.7 Å². The van der Waals surface area contributed by atoms with Crippen LogP contribution in [0, 0.1) is 13.8 Å². The van der Waals surface area contributed by atoms with E-state index in [9.17, 15) is 9.59 Å². The molecule has 136 valence electrons. The highest BCUT2D eigenvalue weighted by Crippen LogP contribution is 2.25. The molecule has 0 aliphatic rings. The Kier molecular flexibility index (Phi) is 4.93. The van der Waals surface area contributed by atoms with Gasteiger partial charge in [-0.25, -0.2) is 4.98 Å². The lowest BCUT2D eigenvalue weighted by Crippen LogP contribution is -2.33. The van der Waals surface area contributed by atoms with E-state index in [0.29, 0.717) is 18.7 Å². The second-order valence-electron chi connectivity index (χ2n) is 6.60. The number of rotatable bonds is 6. The van der Waals surface area contributed by atoms with Crippen LogP contribution < -0.4 is 5.32 Å². The van der Waals surface area contributed by atoms with Crippen molar-refractivity contribution in [1.82, 2.24) is 19.4 Å². The predicted molar refractivity (Wildman–Crippen MR) is 101 cm³/mol. The van der Waals surface area contributed by atoms with Gasteiger partial charge in [0.05, 0.1) is 12.0 Å². The fourth-order valence-corrected chi connectivity index (χ4v) is 3.15. The topological polar surface area (TPSA) is 68.9 Å². The third kappa shape index (κ3) is 3.27. The Hall–Kier alpha value is -2.89. The third-order valence-corrected chi connectivity index (χ3v) is 4.91. The van der Waals surface area contributed by atoms with Crippen molar-refractivity contribution in [3.63, 3.8) is 0 Å². The number of nitrogens with one attached hydrogen (secondary N) is 1. The molecule has 6 nitrogen and oxygen atoms in total. The third-order valence-electron chi connectivity index (χ3n) is 4.91. The molecule has 0 aliphatic heterocycles. The van der Waals surface area contributed by atoms with Crippen molar-refractivity contribution in [2.45, 2.75) is 40.3 Å². The number of benzene rings is 1. The van der Waals surface area contributed by atoms with Gasteiger partial charge in [0.25, 0.3) is 0 Å². The van der Waals surface area contributed by atoms with Gasteiger partial charge in [-0.2, -0.15) is 0 Å². The lowest BCUT2D eigenvalue weighted by Gasteiger charge is -2.16. The summed E-state index contributed by atoms with van der Waals surface area (Å²) in [5.74, 6) is -0.0751. The highest BCUT2D eigenvalue weighted by Gasteiger charge is 2.19. The van der Waals surface area contributed by atoms with Crippen molar-refractivity contribution in [3.8, 4) is 0 Å². The van der Waals surface area contributed by atoms with Crippen LogP contribution in [0.5, 0.6) is 0 Å². The summed E-state index contributed by atoms with van der Waals surface area (Å²) in [5.41, 5.74) is 3.64. The Morgan fingerprint density at radius 1 is 1.23 bits per heavy atom. The van der Waals surface area contributed by atoms with Gasteiger partial charge in [-0.1, -0.05) is 18.2 Å². The first-order valence-corrected chi connectivity index (χ1v) is 8.76. The standard InChI is InChI=1S/C20H24N4O2/c1-13-14(2)23(12-22-13)10-9-21-20(26)15(3)24-11-18(16(4)25)17-7-5-6-8-19(17)24/h5-8,11-12,15H,9-10H2,1-4H3,(H,21,26)/t15-/m1/s1. The summed E-state index contributed by atoms with van der Waals surface area (Å²) < 4.78 is 3.90. The van der Waals surface area contributed by atoms with Crippen molar-refractivity contribution >= 4 is 22.6 Å². The van der Waals surface area contributed by atoms with E-state index in [1.54, 1.807) is 19.4 Å². The van der Waals surface area contributed by atoms with Gasteiger partial charge in [0.1, 0.15) is 6.04 Å². The van der Waals surface area contributed by atoms with Crippen molar-refractivity contribution < 1.29 is 9.59 Å². The first-order valence-electron chi connectivity index (χ1n) is 8.76. The lowest BCUT2D eigenvalue weighted by atomic mass is 10.1. The maximum Gasteiger partial charge on any atom is 0.242 e. The molecule has 0 saturated carbocycles. The molecule has 0 spiro atoms. The number of carbonyl (C=O) groups excluding carboxylic acids is 2. The van der Waals surface area contributed by atoms with E-state index < -0.39 is 6.04 Å². The number of amides is 1. The van der Waals surface area contributed by atoms with E-state index >= 15 is 0 Å². The van der Waals surface area contributed by atoms with E-state index in [2.05, 4.69) is 10.3 Å². The van der Waals surface area contributed by atoms with Crippen LogP contribution in [0.1, 0.15) is 41.6 Å². The minimum absolute atomic E-state index is 0.00138. The average molecular weight is 352 g/mol. The van der Waals surface area contributed by atoms with Crippen LogP contribution in [-0.2, 0) is 11.3 Å². The normalized spacial score (nSPS) is 12.3. The molecule has 3 rings (SSSR count). The number of fused-ring (bicyclic) bond motifs is 1. The molecule has 1 atom stereocenters. The van der Waals surface area contributed by atoms with E-state index in [-0.39, 0.29) is 11.7 Å². The minimum Gasteiger partial charge on any atom is -0.353 e. The zero-order valence-electron chi connectivity index (χ0n) is 15.6. The molecule has 0 aliphatic carbocycles. The van der Waals surface area contributed by atoms with Crippen LogP contribution in [-0.4, -0.2) is 32.4 Å². The number of carbonyl (C=O) groups is 2. The highest BCUT2D eigenvalue weighted by atomic mass is 16.2. The summed E-state index contributed by atoms with van der Waals surface area (Å²) >= 11 is 0. The number of para-hydroxylation sites is 1. The number of hydrogen-bond acceptors (Lipinski definition) is 3. The molecule has 0 radical (unpaired) electrons. The van der Waals surface area contributed by atoms with Gasteiger partial charge in [0.2, 0.25) is 5.91 Å². The van der Waals surface area contributed by atoms with Gasteiger partial charge in [0, 0.05) is 41.4 Å². The SMILES string of the molecule is CC(=O)c1cn([C@H](C)C(=O)NCCn2cnc(C)c2C)c2ccccc12. The second-order valence-corrected chi connectivity index (χ2v) is 6.60. The molecule has 2 aromatic heterocycles. The molecular weight excluding hydrogens is 328 g/mol. The Morgan fingerprint density at radius 3 is 2.62 bits per heavy atom. The summed E-state index contributed by atoms with van der Waals surface area (Å²) in [6.07, 6.45) is 3.57. The first kappa shape index (κ1) is 17.9. The van der Waals surface area contributed by atoms with E-state index in [1.165, 1.54) is 0 Å². The molecule has 1 aromatic carbocycles. The van der Waals surface area contributed by atoms with Crippen LogP contribution in [0.3, 0.4) is 0 Å². The van der Waals surface area contributed by atoms with Crippen molar-refractivity contribution in [2.75, 3.05) is 6.54 Å². The molecule has 0 saturated heterocycles. The number of hydrogen-bond donors (Lipinski definition) is 1. The molecule has 1 N–H and O–H groups in total. The monoisotopic (exact) mass is 352 g/mol. The summed E-state index contributed by atoms with van der Waals surface area (Å²) in [4.78, 5) is 28.8. The Balaban J connectivity index is 1.73. The number of imidazole rings is 1. The smallest absolute Gasteiger partial charge is 0.242 e. The maximum atomic E-state index is 12.6. The summed E-state index contributed by atoms with van der Waals surface area (Å²) in [5, 5.41) is 3.85. The van der Waals surface area contributed by atoms with Crippen LogP contribution in [0.25, 0.3) is 10.9 Å². The van der Waals surface area contributed by atoms with E-state index in [4.69, 9.17) is 0 Å². The van der Waals surface area contributed by atoms with Crippen LogP contribution >= 0.6 is 0 Å². The van der Waals surface area contributed by atoms with Crippen molar-refractivity contribution in [2.24, 2.45) is 0 Å². The number of Topliss-reactive ketones (excluding diaryl/α,β-unsaturated/α-hetero) is 1. The van der Waals surface area contributed by atoms with Gasteiger partial charge in [-0.15, -0.1) is 0 Å². The van der Waals surface area contributed by atoms with E-state index in [0.717, 1.165) is 22.3 Å². The number of nitrogens with zero attached hydrogens (tertiary/aromatic N) is 3. The number of aromatic nitrogens is 3. The molecule has 2 heterocycles. The fraction of sp³-hybridized carbons (Fsp3) is 0.350. The zero-order valence-corrected chi connectivity index (χ0v) is 15.6. The largest absolute Gasteiger partial charge is 0.353 e. The molecule has 1 amide bonds. The average Bonchev–Trinajstić information content (AvgIpc) is 3.16. The summed E-state index contributed by atoms with van der Waals surface area (Å²) in [6.45, 7) is 8.58. The molecule has 0 bridgehead atoms. The quantitative estimate of drug-likeness (QED) is 0.693. The van der Waals surface area contributed by atoms with Crippen molar-refractivity contribution in [1.29, 1.82) is 0 Å². The summed E-state index contributed by atoms with van der Waals surface area (Å²) in [7, 11) is 0. The zero-order chi connectivity index (χ0) is 18.8. The van der Waals surface area contributed by atoms with Crippen LogP contribution in [0.2, 0.25) is 0 Å². The van der Waals surface area contributed by atoms with Crippen LogP contribution in [0.15, 0.2) is 36.8 Å². The molecule has 3 aromatic rings. The Bertz CT molecular complexity index is 968. The Morgan fingerprint density at radius 2 is 1.96 bits per heavy atom. The Labute approximate surface area is 152 Å². The molecule has 0 unspecified atom stereocenters. The summed E-state index contributed by atoms with van der Waals surface area (Å²) in [6, 6.07) is 7.26. The van der Waals surface area contributed by atoms with Gasteiger partial charge in [-0.3, -0.25) is 9.59 Å². The second kappa shape index (κ2) is 7.15.